The Hall–Kier alpha value is -0.120. The fourth-order valence-corrected chi connectivity index (χ4v) is 4.15. The molecule has 5 unspecified atom stereocenters. The summed E-state index contributed by atoms with van der Waals surface area (Å²) >= 11 is 0. The second-order valence-corrected chi connectivity index (χ2v) is 7.56. The molecule has 0 bridgehead atoms. The van der Waals surface area contributed by atoms with Crippen molar-refractivity contribution >= 4 is 0 Å². The van der Waals surface area contributed by atoms with Crippen LogP contribution in [0.25, 0.3) is 0 Å². The average Bonchev–Trinajstić information content (AvgIpc) is 2.43. The summed E-state index contributed by atoms with van der Waals surface area (Å²) in [6.07, 6.45) is 5.57. The van der Waals surface area contributed by atoms with Crippen molar-refractivity contribution in [1.29, 1.82) is 0 Å². The van der Waals surface area contributed by atoms with Crippen molar-refractivity contribution in [2.45, 2.75) is 51.6 Å². The highest BCUT2D eigenvalue weighted by atomic mass is 15.3. The highest BCUT2D eigenvalue weighted by Crippen LogP contribution is 2.36. The highest BCUT2D eigenvalue weighted by molar-refractivity contribution is 4.88. The van der Waals surface area contributed by atoms with Crippen LogP contribution in [-0.4, -0.2) is 62.7 Å². The topological polar surface area (TPSA) is 18.5 Å². The zero-order valence-electron chi connectivity index (χ0n) is 14.2. The smallest absolute Gasteiger partial charge is 0.0235 e. The number of nitrogens with zero attached hydrogens (tertiary/aromatic N) is 2. The molecule has 2 rings (SSSR count). The van der Waals surface area contributed by atoms with Gasteiger partial charge in [-0.25, -0.2) is 0 Å². The van der Waals surface area contributed by atoms with E-state index in [1.165, 1.54) is 45.3 Å². The molecule has 1 aliphatic heterocycles. The lowest BCUT2D eigenvalue weighted by Crippen LogP contribution is -2.53. The molecule has 1 heterocycles. The van der Waals surface area contributed by atoms with Gasteiger partial charge < -0.3 is 15.1 Å². The third-order valence-electron chi connectivity index (χ3n) is 6.08. The molecule has 0 radical (unpaired) electrons. The van der Waals surface area contributed by atoms with Gasteiger partial charge in [0, 0.05) is 31.7 Å². The Morgan fingerprint density at radius 1 is 1.10 bits per heavy atom. The molecule has 20 heavy (non-hydrogen) atoms. The van der Waals surface area contributed by atoms with Crippen LogP contribution in [0.2, 0.25) is 0 Å². The molecule has 0 amide bonds. The Morgan fingerprint density at radius 3 is 2.50 bits per heavy atom. The minimum atomic E-state index is 0.698. The molecule has 0 aromatic rings. The lowest BCUT2D eigenvalue weighted by atomic mass is 9.72. The number of hydrogen-bond acceptors (Lipinski definition) is 3. The van der Waals surface area contributed by atoms with Gasteiger partial charge >= 0.3 is 0 Å². The summed E-state index contributed by atoms with van der Waals surface area (Å²) in [5, 5.41) is 3.64. The van der Waals surface area contributed by atoms with E-state index in [1.54, 1.807) is 0 Å². The van der Waals surface area contributed by atoms with Gasteiger partial charge in [-0.05, 0) is 58.2 Å². The molecule has 2 fully saturated rings. The second kappa shape index (κ2) is 7.24. The zero-order chi connectivity index (χ0) is 14.7. The van der Waals surface area contributed by atoms with E-state index in [0.29, 0.717) is 6.04 Å². The van der Waals surface area contributed by atoms with E-state index in [-0.39, 0.29) is 0 Å². The monoisotopic (exact) mass is 281 g/mol. The molecule has 0 aromatic carbocycles. The Balaban J connectivity index is 1.91. The molecule has 3 nitrogen and oxygen atoms in total. The van der Waals surface area contributed by atoms with E-state index < -0.39 is 0 Å². The van der Waals surface area contributed by atoms with E-state index in [0.717, 1.165) is 23.8 Å². The Kier molecular flexibility index (Phi) is 5.88. The van der Waals surface area contributed by atoms with E-state index in [4.69, 9.17) is 0 Å². The summed E-state index contributed by atoms with van der Waals surface area (Å²) in [7, 11) is 6.73. The largest absolute Gasteiger partial charge is 0.317 e. The SMILES string of the molecule is CNC(CC1CN(C)CCN1C)C1CCC(C)C(C)C1. The van der Waals surface area contributed by atoms with Gasteiger partial charge in [-0.1, -0.05) is 20.3 Å². The van der Waals surface area contributed by atoms with Crippen LogP contribution < -0.4 is 5.32 Å². The standard InChI is InChI=1S/C17H35N3/c1-13-6-7-15(10-14(13)2)17(18-3)11-16-12-19(4)8-9-20(16)5/h13-18H,6-12H2,1-5H3. The molecule has 3 heteroatoms. The number of nitrogens with one attached hydrogen (secondary N) is 1. The minimum Gasteiger partial charge on any atom is -0.317 e. The summed E-state index contributed by atoms with van der Waals surface area (Å²) in [6, 6.07) is 1.42. The van der Waals surface area contributed by atoms with E-state index >= 15 is 0 Å². The predicted octanol–water partition coefficient (Wildman–Crippen LogP) is 2.28. The third-order valence-corrected chi connectivity index (χ3v) is 6.08. The van der Waals surface area contributed by atoms with Crippen molar-refractivity contribution in [2.75, 3.05) is 40.8 Å². The summed E-state index contributed by atoms with van der Waals surface area (Å²) < 4.78 is 0. The van der Waals surface area contributed by atoms with Crippen LogP contribution in [0.4, 0.5) is 0 Å². The first-order chi connectivity index (χ1) is 9.51. The van der Waals surface area contributed by atoms with Crippen LogP contribution in [-0.2, 0) is 0 Å². The number of piperazine rings is 1. The molecule has 0 aromatic heterocycles. The van der Waals surface area contributed by atoms with Crippen molar-refractivity contribution in [1.82, 2.24) is 15.1 Å². The normalized spacial score (nSPS) is 38.9. The molecule has 5 atom stereocenters. The molecule has 1 N–H and O–H groups in total. The number of likely N-dealkylation sites (N-methyl/N-ethyl adjacent to an activating group) is 2. The van der Waals surface area contributed by atoms with Gasteiger partial charge in [-0.15, -0.1) is 0 Å². The number of rotatable bonds is 4. The van der Waals surface area contributed by atoms with E-state index in [1.807, 2.05) is 0 Å². The van der Waals surface area contributed by atoms with E-state index in [9.17, 15) is 0 Å². The van der Waals surface area contributed by atoms with Crippen molar-refractivity contribution in [3.63, 3.8) is 0 Å². The van der Waals surface area contributed by atoms with Gasteiger partial charge in [-0.2, -0.15) is 0 Å². The first kappa shape index (κ1) is 16.3. The fourth-order valence-electron chi connectivity index (χ4n) is 4.15. The number of hydrogen-bond donors (Lipinski definition) is 1. The van der Waals surface area contributed by atoms with Gasteiger partial charge in [0.1, 0.15) is 0 Å². The average molecular weight is 281 g/mol. The van der Waals surface area contributed by atoms with Crippen LogP contribution in [0.5, 0.6) is 0 Å². The fraction of sp³-hybridized carbons (Fsp3) is 1.00. The maximum Gasteiger partial charge on any atom is 0.0235 e. The summed E-state index contributed by atoms with van der Waals surface area (Å²) in [4.78, 5) is 5.06. The summed E-state index contributed by atoms with van der Waals surface area (Å²) in [5.74, 6) is 2.70. The minimum absolute atomic E-state index is 0.698. The molecule has 0 spiro atoms. The maximum atomic E-state index is 3.64. The predicted molar refractivity (Wildman–Crippen MR) is 87.0 cm³/mol. The van der Waals surface area contributed by atoms with Gasteiger partial charge in [0.15, 0.2) is 0 Å². The van der Waals surface area contributed by atoms with Crippen LogP contribution in [0.15, 0.2) is 0 Å². The van der Waals surface area contributed by atoms with Gasteiger partial charge in [-0.3, -0.25) is 0 Å². The molecular weight excluding hydrogens is 246 g/mol. The second-order valence-electron chi connectivity index (χ2n) is 7.56. The van der Waals surface area contributed by atoms with Gasteiger partial charge in [0.05, 0.1) is 0 Å². The maximum absolute atomic E-state index is 3.64. The lowest BCUT2D eigenvalue weighted by molar-refractivity contribution is 0.0847. The molecule has 118 valence electrons. The quantitative estimate of drug-likeness (QED) is 0.853. The summed E-state index contributed by atoms with van der Waals surface area (Å²) in [5.41, 5.74) is 0. The molecule has 1 saturated heterocycles. The van der Waals surface area contributed by atoms with Gasteiger partial charge in [0.25, 0.3) is 0 Å². The zero-order valence-corrected chi connectivity index (χ0v) is 14.2. The Labute approximate surface area is 126 Å². The Bertz CT molecular complexity index is 294. The molecule has 2 aliphatic rings. The summed E-state index contributed by atoms with van der Waals surface area (Å²) in [6.45, 7) is 8.54. The van der Waals surface area contributed by atoms with Crippen LogP contribution in [0.1, 0.15) is 39.5 Å². The molecule has 1 saturated carbocycles. The third kappa shape index (κ3) is 3.96. The van der Waals surface area contributed by atoms with Crippen molar-refractivity contribution in [3.05, 3.63) is 0 Å². The van der Waals surface area contributed by atoms with Crippen LogP contribution in [0.3, 0.4) is 0 Å². The molecule has 1 aliphatic carbocycles. The van der Waals surface area contributed by atoms with Crippen molar-refractivity contribution in [2.24, 2.45) is 17.8 Å². The highest BCUT2D eigenvalue weighted by Gasteiger charge is 2.32. The van der Waals surface area contributed by atoms with E-state index in [2.05, 4.69) is 50.1 Å². The Morgan fingerprint density at radius 2 is 1.85 bits per heavy atom. The first-order valence-electron chi connectivity index (χ1n) is 8.57. The van der Waals surface area contributed by atoms with Crippen molar-refractivity contribution in [3.8, 4) is 0 Å². The van der Waals surface area contributed by atoms with Crippen molar-refractivity contribution < 1.29 is 0 Å². The van der Waals surface area contributed by atoms with Crippen LogP contribution >= 0.6 is 0 Å². The first-order valence-corrected chi connectivity index (χ1v) is 8.57. The lowest BCUT2D eigenvalue weighted by Gasteiger charge is -2.42. The van der Waals surface area contributed by atoms with Gasteiger partial charge in [0.2, 0.25) is 0 Å². The van der Waals surface area contributed by atoms with Crippen LogP contribution in [0, 0.1) is 17.8 Å². The molecular formula is C17H35N3.